The van der Waals surface area contributed by atoms with Crippen LogP contribution in [0.25, 0.3) is 11.3 Å². The van der Waals surface area contributed by atoms with E-state index in [0.29, 0.717) is 17.4 Å². The minimum Gasteiger partial charge on any atom is -0.497 e. The van der Waals surface area contributed by atoms with Gasteiger partial charge in [-0.05, 0) is 78.6 Å². The monoisotopic (exact) mass is 488 g/mol. The molecule has 0 radical (unpaired) electrons. The number of carbonyl (C=O) groups excluding carboxylic acids is 1. The minimum atomic E-state index is -0.252. The molecule has 0 fully saturated rings. The summed E-state index contributed by atoms with van der Waals surface area (Å²) < 4.78 is 11.1. The highest BCUT2D eigenvalue weighted by Crippen LogP contribution is 2.34. The van der Waals surface area contributed by atoms with Crippen LogP contribution in [0.2, 0.25) is 0 Å². The number of benzene rings is 3. The molecule has 0 bridgehead atoms. The molecule has 1 amide bonds. The third-order valence-electron chi connectivity index (χ3n) is 5.12. The summed E-state index contributed by atoms with van der Waals surface area (Å²) in [6, 6.07) is 23.4. The fraction of sp³-hybridized carbons (Fsp3) is 0.111. The van der Waals surface area contributed by atoms with Crippen LogP contribution in [0.15, 0.2) is 95.7 Å². The summed E-state index contributed by atoms with van der Waals surface area (Å²) in [5.74, 6) is 1.25. The first-order chi connectivity index (χ1) is 16.6. The molecule has 4 aromatic rings. The van der Waals surface area contributed by atoms with Gasteiger partial charge in [-0.25, -0.2) is 4.98 Å². The number of ether oxygens (including phenoxy) is 2. The number of rotatable bonds is 9. The van der Waals surface area contributed by atoms with E-state index < -0.39 is 0 Å². The second kappa shape index (κ2) is 11.0. The van der Waals surface area contributed by atoms with Crippen molar-refractivity contribution in [2.75, 3.05) is 18.3 Å². The molecule has 4 rings (SSSR count). The molecule has 34 heavy (non-hydrogen) atoms. The largest absolute Gasteiger partial charge is 0.497 e. The highest BCUT2D eigenvalue weighted by atomic mass is 32.2. The fourth-order valence-corrected chi connectivity index (χ4v) is 4.53. The molecule has 0 aliphatic rings. The fourth-order valence-electron chi connectivity index (χ4n) is 3.26. The van der Waals surface area contributed by atoms with Crippen LogP contribution in [0.1, 0.15) is 5.56 Å². The van der Waals surface area contributed by atoms with Crippen molar-refractivity contribution in [2.24, 2.45) is 0 Å². The van der Waals surface area contributed by atoms with Crippen molar-refractivity contribution in [1.82, 2.24) is 4.98 Å². The number of thiazole rings is 1. The Morgan fingerprint density at radius 1 is 1.03 bits per heavy atom. The van der Waals surface area contributed by atoms with Gasteiger partial charge in [0.2, 0.25) is 0 Å². The lowest BCUT2D eigenvalue weighted by Crippen LogP contribution is -2.23. The van der Waals surface area contributed by atoms with E-state index in [-0.39, 0.29) is 5.91 Å². The van der Waals surface area contributed by atoms with Gasteiger partial charge >= 0.3 is 0 Å². The summed E-state index contributed by atoms with van der Waals surface area (Å²) in [6.45, 7) is 4.13. The first-order valence-corrected chi connectivity index (χ1v) is 12.6. The molecule has 172 valence electrons. The van der Waals surface area contributed by atoms with Crippen LogP contribution in [0.5, 0.6) is 11.5 Å². The van der Waals surface area contributed by atoms with Gasteiger partial charge in [0, 0.05) is 15.8 Å². The van der Waals surface area contributed by atoms with E-state index in [2.05, 4.69) is 37.1 Å². The maximum Gasteiger partial charge on any atom is 0.256 e. The van der Waals surface area contributed by atoms with Crippen LogP contribution >= 0.6 is 23.1 Å². The van der Waals surface area contributed by atoms with Crippen molar-refractivity contribution in [3.8, 4) is 22.8 Å². The van der Waals surface area contributed by atoms with E-state index in [1.807, 2.05) is 53.9 Å². The summed E-state index contributed by atoms with van der Waals surface area (Å²) in [5, 5.41) is 2.50. The van der Waals surface area contributed by atoms with Crippen molar-refractivity contribution in [3.63, 3.8) is 0 Å². The van der Waals surface area contributed by atoms with E-state index in [4.69, 9.17) is 14.5 Å². The maximum absolute atomic E-state index is 12.7. The zero-order chi connectivity index (χ0) is 23.9. The van der Waals surface area contributed by atoms with Gasteiger partial charge in [-0.15, -0.1) is 23.1 Å². The number of aromatic nitrogens is 1. The second-order valence-corrected chi connectivity index (χ2v) is 8.97. The van der Waals surface area contributed by atoms with Crippen molar-refractivity contribution >= 4 is 39.8 Å². The summed E-state index contributed by atoms with van der Waals surface area (Å²) in [5.41, 5.74) is 3.52. The lowest BCUT2D eigenvalue weighted by molar-refractivity contribution is -0.113. The Balaban J connectivity index is 1.50. The van der Waals surface area contributed by atoms with E-state index in [9.17, 15) is 4.79 Å². The summed E-state index contributed by atoms with van der Waals surface area (Å²) in [7, 11) is 1.63. The normalized spacial score (nSPS) is 10.5. The van der Waals surface area contributed by atoms with Crippen LogP contribution < -0.4 is 14.4 Å². The lowest BCUT2D eigenvalue weighted by atomic mass is 10.2. The molecule has 0 aliphatic heterocycles. The molecule has 0 spiro atoms. The standard InChI is InChI=1S/C27H24N2O3S2/c1-4-26(30)29(27-28-25(18-34-27)20-7-11-22(31-2)12-8-20)21-9-13-23(14-10-21)32-17-19-5-15-24(33-3)16-6-19/h4-16,18H,1,17H2,2-3H3. The number of carbonyl (C=O) groups is 1. The van der Waals surface area contributed by atoms with Crippen LogP contribution in [0, 0.1) is 0 Å². The quantitative estimate of drug-likeness (QED) is 0.188. The molecular weight excluding hydrogens is 464 g/mol. The van der Waals surface area contributed by atoms with Crippen LogP contribution in [0.3, 0.4) is 0 Å². The van der Waals surface area contributed by atoms with Crippen molar-refractivity contribution < 1.29 is 14.3 Å². The van der Waals surface area contributed by atoms with E-state index in [1.165, 1.54) is 22.3 Å². The van der Waals surface area contributed by atoms with Crippen LogP contribution in [0.4, 0.5) is 10.8 Å². The first kappa shape index (κ1) is 23.6. The number of thioether (sulfide) groups is 1. The van der Waals surface area contributed by atoms with E-state index >= 15 is 0 Å². The Labute approximate surface area is 207 Å². The maximum atomic E-state index is 12.7. The van der Waals surface area contributed by atoms with Gasteiger partial charge in [-0.1, -0.05) is 18.7 Å². The zero-order valence-corrected chi connectivity index (χ0v) is 20.6. The number of hydrogen-bond donors (Lipinski definition) is 0. The number of nitrogens with zero attached hydrogens (tertiary/aromatic N) is 2. The Kier molecular flexibility index (Phi) is 7.67. The molecule has 3 aromatic carbocycles. The number of amides is 1. The van der Waals surface area contributed by atoms with Gasteiger partial charge in [0.1, 0.15) is 18.1 Å². The first-order valence-electron chi connectivity index (χ1n) is 10.5. The molecule has 0 aliphatic carbocycles. The molecule has 7 heteroatoms. The highest BCUT2D eigenvalue weighted by Gasteiger charge is 2.19. The van der Waals surface area contributed by atoms with E-state index in [0.717, 1.165) is 28.3 Å². The van der Waals surface area contributed by atoms with E-state index in [1.54, 1.807) is 23.8 Å². The Morgan fingerprint density at radius 2 is 1.71 bits per heavy atom. The van der Waals surface area contributed by atoms with Crippen molar-refractivity contribution in [3.05, 3.63) is 96.4 Å². The van der Waals surface area contributed by atoms with Gasteiger partial charge in [0.15, 0.2) is 5.13 Å². The predicted molar refractivity (Wildman–Crippen MR) is 140 cm³/mol. The Bertz CT molecular complexity index is 1250. The predicted octanol–water partition coefficient (Wildman–Crippen LogP) is 6.97. The molecule has 1 heterocycles. The van der Waals surface area contributed by atoms with Gasteiger partial charge in [-0.2, -0.15) is 0 Å². The molecule has 5 nitrogen and oxygen atoms in total. The van der Waals surface area contributed by atoms with Crippen LogP contribution in [-0.4, -0.2) is 24.3 Å². The van der Waals surface area contributed by atoms with Gasteiger partial charge < -0.3 is 9.47 Å². The molecule has 1 aromatic heterocycles. The van der Waals surface area contributed by atoms with Crippen molar-refractivity contribution in [1.29, 1.82) is 0 Å². The molecule has 0 saturated carbocycles. The van der Waals surface area contributed by atoms with Crippen molar-refractivity contribution in [2.45, 2.75) is 11.5 Å². The van der Waals surface area contributed by atoms with Gasteiger partial charge in [0.25, 0.3) is 5.91 Å². The third-order valence-corrected chi connectivity index (χ3v) is 6.69. The SMILES string of the molecule is C=CC(=O)N(c1ccc(OCc2ccc(SC)cc2)cc1)c1nc(-c2ccc(OC)cc2)cs1. The molecule has 0 atom stereocenters. The van der Waals surface area contributed by atoms with Crippen LogP contribution in [-0.2, 0) is 11.4 Å². The lowest BCUT2D eigenvalue weighted by Gasteiger charge is -2.18. The average molecular weight is 489 g/mol. The summed E-state index contributed by atoms with van der Waals surface area (Å²) in [4.78, 5) is 20.2. The molecular formula is C27H24N2O3S2. The highest BCUT2D eigenvalue weighted by molar-refractivity contribution is 7.98. The number of hydrogen-bond acceptors (Lipinski definition) is 6. The molecule has 0 saturated heterocycles. The molecule has 0 unspecified atom stereocenters. The third kappa shape index (κ3) is 5.50. The average Bonchev–Trinajstić information content (AvgIpc) is 3.38. The summed E-state index contributed by atoms with van der Waals surface area (Å²) in [6.07, 6.45) is 3.34. The number of methoxy groups -OCH3 is 1. The topological polar surface area (TPSA) is 51.7 Å². The van der Waals surface area contributed by atoms with Gasteiger partial charge in [-0.3, -0.25) is 9.69 Å². The zero-order valence-electron chi connectivity index (χ0n) is 18.9. The molecule has 0 N–H and O–H groups in total. The number of anilines is 2. The van der Waals surface area contributed by atoms with Gasteiger partial charge in [0.05, 0.1) is 18.5 Å². The smallest absolute Gasteiger partial charge is 0.256 e. The Hall–Kier alpha value is -3.55. The minimum absolute atomic E-state index is 0.252. The summed E-state index contributed by atoms with van der Waals surface area (Å²) >= 11 is 3.11. The second-order valence-electron chi connectivity index (χ2n) is 7.25. The Morgan fingerprint density at radius 3 is 2.32 bits per heavy atom.